The van der Waals surface area contributed by atoms with E-state index in [1.54, 1.807) is 0 Å². The summed E-state index contributed by atoms with van der Waals surface area (Å²) < 4.78 is 0. The van der Waals surface area contributed by atoms with E-state index in [0.717, 1.165) is 5.92 Å². The zero-order valence-electron chi connectivity index (χ0n) is 9.93. The fraction of sp³-hybridized carbons (Fsp3) is 1.00. The molecule has 2 nitrogen and oxygen atoms in total. The first kappa shape index (κ1) is 12.9. The molecule has 80 valence electrons. The minimum Gasteiger partial charge on any atom is -0.314 e. The Morgan fingerprint density at radius 2 is 2.00 bits per heavy atom. The fourth-order valence-electron chi connectivity index (χ4n) is 1.60. The summed E-state index contributed by atoms with van der Waals surface area (Å²) in [5, 5.41) is 3.48. The van der Waals surface area contributed by atoms with Crippen LogP contribution < -0.4 is 5.32 Å². The smallest absolute Gasteiger partial charge is 0.00192 e. The Bertz CT molecular complexity index is 113. The lowest BCUT2D eigenvalue weighted by Gasteiger charge is -2.13. The molecule has 1 heterocycles. The van der Waals surface area contributed by atoms with Crippen LogP contribution in [0.4, 0.5) is 0 Å². The van der Waals surface area contributed by atoms with Crippen molar-refractivity contribution in [2.75, 3.05) is 26.7 Å². The molecule has 0 spiro atoms. The molecular formula is C11H26N2. The van der Waals surface area contributed by atoms with Crippen molar-refractivity contribution in [1.29, 1.82) is 0 Å². The second-order valence-electron chi connectivity index (χ2n) is 3.98. The molecule has 1 N–H and O–H groups in total. The molecule has 1 aliphatic heterocycles. The maximum Gasteiger partial charge on any atom is 0.00192 e. The molecule has 0 aromatic rings. The predicted octanol–water partition coefficient (Wildman–Crippen LogP) is 1.96. The third-order valence-electron chi connectivity index (χ3n) is 2.30. The number of nitrogens with zero attached hydrogens (tertiary/aromatic N) is 1. The van der Waals surface area contributed by atoms with Gasteiger partial charge in [-0.1, -0.05) is 27.7 Å². The lowest BCUT2D eigenvalue weighted by atomic mass is 10.1. The quantitative estimate of drug-likeness (QED) is 0.725. The van der Waals surface area contributed by atoms with E-state index in [2.05, 4.69) is 31.1 Å². The maximum atomic E-state index is 3.48. The van der Waals surface area contributed by atoms with Gasteiger partial charge in [0.05, 0.1) is 0 Å². The molecule has 0 radical (unpaired) electrons. The molecular weight excluding hydrogens is 160 g/mol. The third-order valence-corrected chi connectivity index (χ3v) is 2.30. The number of hydrogen-bond donors (Lipinski definition) is 1. The Kier molecular flexibility index (Phi) is 7.29. The van der Waals surface area contributed by atoms with Gasteiger partial charge in [-0.2, -0.15) is 0 Å². The monoisotopic (exact) mass is 186 g/mol. The van der Waals surface area contributed by atoms with Gasteiger partial charge in [0.25, 0.3) is 0 Å². The van der Waals surface area contributed by atoms with Gasteiger partial charge in [0.1, 0.15) is 0 Å². The molecule has 0 bridgehead atoms. The van der Waals surface area contributed by atoms with Crippen LogP contribution in [0.15, 0.2) is 0 Å². The van der Waals surface area contributed by atoms with E-state index in [4.69, 9.17) is 0 Å². The Morgan fingerprint density at radius 1 is 1.38 bits per heavy atom. The molecule has 13 heavy (non-hydrogen) atoms. The second-order valence-corrected chi connectivity index (χ2v) is 3.98. The van der Waals surface area contributed by atoms with Gasteiger partial charge in [-0.3, -0.25) is 0 Å². The van der Waals surface area contributed by atoms with E-state index in [-0.39, 0.29) is 0 Å². The van der Waals surface area contributed by atoms with Crippen LogP contribution in [-0.4, -0.2) is 37.6 Å². The molecule has 0 amide bonds. The van der Waals surface area contributed by atoms with Gasteiger partial charge in [-0.05, 0) is 32.5 Å². The highest BCUT2D eigenvalue weighted by atomic mass is 15.1. The zero-order valence-corrected chi connectivity index (χ0v) is 9.93. The lowest BCUT2D eigenvalue weighted by molar-refractivity contribution is 0.383. The van der Waals surface area contributed by atoms with E-state index in [0.29, 0.717) is 6.04 Å². The average Bonchev–Trinajstić information content (AvgIpc) is 2.52. The zero-order chi connectivity index (χ0) is 10.3. The van der Waals surface area contributed by atoms with Gasteiger partial charge in [0.15, 0.2) is 0 Å². The number of hydrogen-bond acceptors (Lipinski definition) is 2. The van der Waals surface area contributed by atoms with Crippen molar-refractivity contribution in [3.8, 4) is 0 Å². The highest BCUT2D eigenvalue weighted by Crippen LogP contribution is 2.12. The maximum absolute atomic E-state index is 3.48. The minimum atomic E-state index is 0.640. The van der Waals surface area contributed by atoms with Gasteiger partial charge in [0, 0.05) is 12.6 Å². The molecule has 1 unspecified atom stereocenters. The summed E-state index contributed by atoms with van der Waals surface area (Å²) in [6.45, 7) is 12.2. The van der Waals surface area contributed by atoms with Crippen molar-refractivity contribution in [2.45, 2.75) is 40.2 Å². The molecule has 1 atom stereocenters. The van der Waals surface area contributed by atoms with Crippen LogP contribution in [-0.2, 0) is 0 Å². The first-order valence-corrected chi connectivity index (χ1v) is 5.60. The Morgan fingerprint density at radius 3 is 2.38 bits per heavy atom. The Balaban J connectivity index is 0.000000671. The second kappa shape index (κ2) is 7.34. The highest BCUT2D eigenvalue weighted by Gasteiger charge is 2.18. The van der Waals surface area contributed by atoms with Crippen LogP contribution in [0.1, 0.15) is 34.1 Å². The van der Waals surface area contributed by atoms with E-state index in [9.17, 15) is 0 Å². The molecule has 0 aliphatic carbocycles. The Labute approximate surface area is 83.7 Å². The molecule has 0 saturated carbocycles. The van der Waals surface area contributed by atoms with Gasteiger partial charge in [-0.15, -0.1) is 0 Å². The summed E-state index contributed by atoms with van der Waals surface area (Å²) in [5.74, 6) is 0.891. The largest absolute Gasteiger partial charge is 0.314 e. The molecule has 1 rings (SSSR count). The standard InChI is InChI=1S/C9H20N2.C2H6/c1-8(2)10-6-9-4-5-11(3)7-9;1-2/h8-10H,4-7H2,1-3H3;1-2H3. The summed E-state index contributed by atoms with van der Waals surface area (Å²) in [5.41, 5.74) is 0. The summed E-state index contributed by atoms with van der Waals surface area (Å²) in [6, 6.07) is 0.640. The van der Waals surface area contributed by atoms with Crippen molar-refractivity contribution in [3.63, 3.8) is 0 Å². The van der Waals surface area contributed by atoms with Crippen molar-refractivity contribution in [3.05, 3.63) is 0 Å². The lowest BCUT2D eigenvalue weighted by Crippen LogP contribution is -2.30. The van der Waals surface area contributed by atoms with Crippen molar-refractivity contribution < 1.29 is 0 Å². The van der Waals surface area contributed by atoms with Gasteiger partial charge < -0.3 is 10.2 Å². The van der Waals surface area contributed by atoms with Crippen molar-refractivity contribution in [2.24, 2.45) is 5.92 Å². The van der Waals surface area contributed by atoms with E-state index < -0.39 is 0 Å². The summed E-state index contributed by atoms with van der Waals surface area (Å²) in [4.78, 5) is 2.41. The summed E-state index contributed by atoms with van der Waals surface area (Å²) >= 11 is 0. The van der Waals surface area contributed by atoms with Crippen molar-refractivity contribution >= 4 is 0 Å². The van der Waals surface area contributed by atoms with Crippen LogP contribution in [0.25, 0.3) is 0 Å². The predicted molar refractivity (Wildman–Crippen MR) is 60.1 cm³/mol. The number of likely N-dealkylation sites (tertiary alicyclic amines) is 1. The van der Waals surface area contributed by atoms with Gasteiger partial charge in [0.2, 0.25) is 0 Å². The molecule has 1 saturated heterocycles. The summed E-state index contributed by atoms with van der Waals surface area (Å²) in [7, 11) is 2.20. The van der Waals surface area contributed by atoms with Gasteiger partial charge >= 0.3 is 0 Å². The normalized spacial score (nSPS) is 23.1. The first-order valence-electron chi connectivity index (χ1n) is 5.60. The first-order chi connectivity index (χ1) is 6.18. The van der Waals surface area contributed by atoms with Crippen LogP contribution in [0.3, 0.4) is 0 Å². The molecule has 0 aromatic heterocycles. The topological polar surface area (TPSA) is 15.3 Å². The van der Waals surface area contributed by atoms with E-state index in [1.807, 2.05) is 13.8 Å². The van der Waals surface area contributed by atoms with Crippen LogP contribution >= 0.6 is 0 Å². The summed E-state index contributed by atoms with van der Waals surface area (Å²) in [6.07, 6.45) is 1.37. The van der Waals surface area contributed by atoms with Crippen molar-refractivity contribution in [1.82, 2.24) is 10.2 Å². The van der Waals surface area contributed by atoms with Crippen LogP contribution in [0.5, 0.6) is 0 Å². The fourth-order valence-corrected chi connectivity index (χ4v) is 1.60. The number of rotatable bonds is 3. The van der Waals surface area contributed by atoms with Gasteiger partial charge in [-0.25, -0.2) is 0 Å². The molecule has 1 aliphatic rings. The number of nitrogens with one attached hydrogen (secondary N) is 1. The van der Waals surface area contributed by atoms with Crippen LogP contribution in [0.2, 0.25) is 0 Å². The molecule has 0 aromatic carbocycles. The Hall–Kier alpha value is -0.0800. The highest BCUT2D eigenvalue weighted by molar-refractivity contribution is 4.75. The van der Waals surface area contributed by atoms with E-state index >= 15 is 0 Å². The molecule has 1 fully saturated rings. The van der Waals surface area contributed by atoms with E-state index in [1.165, 1.54) is 26.1 Å². The SMILES string of the molecule is CC.CC(C)NCC1CCN(C)C1. The molecule has 2 heteroatoms. The van der Waals surface area contributed by atoms with Crippen LogP contribution in [0, 0.1) is 5.92 Å². The third kappa shape index (κ3) is 6.05. The average molecular weight is 186 g/mol. The minimum absolute atomic E-state index is 0.640.